The minimum Gasteiger partial charge on any atom is -0.371 e. The van der Waals surface area contributed by atoms with E-state index in [0.717, 1.165) is 19.3 Å². The number of aromatic nitrogens is 1. The van der Waals surface area contributed by atoms with Gasteiger partial charge in [0.15, 0.2) is 11.6 Å². The lowest BCUT2D eigenvalue weighted by molar-refractivity contribution is 0.0924. The van der Waals surface area contributed by atoms with E-state index in [1.54, 1.807) is 7.05 Å². The van der Waals surface area contributed by atoms with Crippen molar-refractivity contribution in [1.82, 2.24) is 10.3 Å². The molecular weight excluding hydrogens is 257 g/mol. The summed E-state index contributed by atoms with van der Waals surface area (Å²) in [6, 6.07) is 1.42. The average molecular weight is 279 g/mol. The molecule has 1 aromatic heterocycles. The zero-order valence-corrected chi connectivity index (χ0v) is 12.1. The van der Waals surface area contributed by atoms with E-state index in [-0.39, 0.29) is 22.7 Å². The quantitative estimate of drug-likeness (QED) is 0.871. The summed E-state index contributed by atoms with van der Waals surface area (Å²) >= 11 is 0. The molecule has 1 fully saturated rings. The molecule has 0 aliphatic heterocycles. The molecule has 1 aromatic rings. The van der Waals surface area contributed by atoms with Crippen molar-refractivity contribution in [2.24, 2.45) is 5.41 Å². The van der Waals surface area contributed by atoms with Crippen molar-refractivity contribution in [2.75, 3.05) is 18.9 Å². The summed E-state index contributed by atoms with van der Waals surface area (Å²) in [6.45, 7) is 2.78. The normalized spacial score (nSPS) is 16.9. The number of rotatable bonds is 5. The van der Waals surface area contributed by atoms with Gasteiger partial charge in [-0.25, -0.2) is 9.37 Å². The number of nitrogens with zero attached hydrogens (tertiary/aromatic N) is 1. The molecule has 0 bridgehead atoms. The lowest BCUT2D eigenvalue weighted by atomic mass is 9.83. The van der Waals surface area contributed by atoms with Crippen LogP contribution in [0.4, 0.5) is 10.2 Å². The smallest absolute Gasteiger partial charge is 0.254 e. The van der Waals surface area contributed by atoms with Gasteiger partial charge in [-0.3, -0.25) is 4.79 Å². The topological polar surface area (TPSA) is 54.0 Å². The maximum absolute atomic E-state index is 14.0. The van der Waals surface area contributed by atoms with E-state index in [1.807, 2.05) is 0 Å². The summed E-state index contributed by atoms with van der Waals surface area (Å²) in [5, 5.41) is 5.53. The van der Waals surface area contributed by atoms with Gasteiger partial charge in [0, 0.05) is 19.8 Å². The Labute approximate surface area is 119 Å². The van der Waals surface area contributed by atoms with Crippen LogP contribution in [0.25, 0.3) is 0 Å². The lowest BCUT2D eigenvalue weighted by Crippen LogP contribution is -2.36. The van der Waals surface area contributed by atoms with Gasteiger partial charge in [0.25, 0.3) is 5.91 Å². The Morgan fingerprint density at radius 2 is 2.15 bits per heavy atom. The van der Waals surface area contributed by atoms with Crippen molar-refractivity contribution in [3.8, 4) is 0 Å². The summed E-state index contributed by atoms with van der Waals surface area (Å²) in [5.74, 6) is -0.852. The molecule has 0 unspecified atom stereocenters. The molecule has 0 radical (unpaired) electrons. The molecule has 110 valence electrons. The fraction of sp³-hybridized carbons (Fsp3) is 0.600. The van der Waals surface area contributed by atoms with E-state index in [1.165, 1.54) is 25.1 Å². The van der Waals surface area contributed by atoms with Crippen molar-refractivity contribution in [3.63, 3.8) is 0 Å². The van der Waals surface area contributed by atoms with Gasteiger partial charge in [-0.2, -0.15) is 0 Å². The number of nitrogens with one attached hydrogen (secondary N) is 2. The van der Waals surface area contributed by atoms with E-state index in [4.69, 9.17) is 0 Å². The van der Waals surface area contributed by atoms with Crippen LogP contribution in [0, 0.1) is 11.2 Å². The molecule has 1 aliphatic carbocycles. The monoisotopic (exact) mass is 279 g/mol. The minimum absolute atomic E-state index is 0.0496. The average Bonchev–Trinajstić information content (AvgIpc) is 2.94. The van der Waals surface area contributed by atoms with Crippen LogP contribution in [0.1, 0.15) is 49.4 Å². The van der Waals surface area contributed by atoms with E-state index >= 15 is 0 Å². The third kappa shape index (κ3) is 2.92. The van der Waals surface area contributed by atoms with Crippen LogP contribution in [0.5, 0.6) is 0 Å². The maximum Gasteiger partial charge on any atom is 0.254 e. The predicted octanol–water partition coefficient (Wildman–Crippen LogP) is 2.96. The highest BCUT2D eigenvalue weighted by Gasteiger charge is 2.32. The molecule has 2 N–H and O–H groups in total. The molecule has 0 spiro atoms. The van der Waals surface area contributed by atoms with Crippen LogP contribution in [0.3, 0.4) is 0 Å². The molecule has 0 aromatic carbocycles. The predicted molar refractivity (Wildman–Crippen MR) is 77.3 cm³/mol. The Balaban J connectivity index is 2.05. The molecule has 4 nitrogen and oxygen atoms in total. The van der Waals surface area contributed by atoms with Gasteiger partial charge < -0.3 is 10.6 Å². The van der Waals surface area contributed by atoms with E-state index in [9.17, 15) is 9.18 Å². The minimum atomic E-state index is -0.593. The second-order valence-corrected chi connectivity index (χ2v) is 5.51. The van der Waals surface area contributed by atoms with Crippen molar-refractivity contribution in [1.29, 1.82) is 0 Å². The molecule has 0 saturated heterocycles. The van der Waals surface area contributed by atoms with Crippen LogP contribution in [-0.2, 0) is 0 Å². The second-order valence-electron chi connectivity index (χ2n) is 5.51. The van der Waals surface area contributed by atoms with Crippen LogP contribution in [0.15, 0.2) is 12.3 Å². The van der Waals surface area contributed by atoms with Gasteiger partial charge in [0.05, 0.1) is 5.56 Å². The number of halogens is 1. The van der Waals surface area contributed by atoms with Crippen LogP contribution < -0.4 is 10.6 Å². The molecule has 1 amide bonds. The number of amides is 1. The molecule has 20 heavy (non-hydrogen) atoms. The highest BCUT2D eigenvalue weighted by Crippen LogP contribution is 2.40. The van der Waals surface area contributed by atoms with Crippen LogP contribution in [-0.4, -0.2) is 24.5 Å². The summed E-state index contributed by atoms with van der Waals surface area (Å²) in [6.07, 6.45) is 7.21. The number of anilines is 1. The number of pyridine rings is 1. The highest BCUT2D eigenvalue weighted by molar-refractivity contribution is 5.95. The van der Waals surface area contributed by atoms with Gasteiger partial charge in [0.1, 0.15) is 0 Å². The third-order valence-electron chi connectivity index (χ3n) is 4.41. The van der Waals surface area contributed by atoms with E-state index < -0.39 is 5.82 Å². The molecule has 1 saturated carbocycles. The van der Waals surface area contributed by atoms with Gasteiger partial charge >= 0.3 is 0 Å². The number of hydrogen-bond acceptors (Lipinski definition) is 3. The Hall–Kier alpha value is -1.65. The zero-order chi connectivity index (χ0) is 14.6. The standard InChI is InChI=1S/C15H22FN3O/c1-3-15(7-4-5-8-15)10-19-14(20)11-6-9-18-13(17-2)12(11)16/h6,9H,3-5,7-8,10H2,1-2H3,(H,17,18)(H,19,20). The first-order valence-corrected chi connectivity index (χ1v) is 7.22. The molecule has 5 heteroatoms. The molecule has 2 rings (SSSR count). The summed E-state index contributed by atoms with van der Waals surface area (Å²) in [5.41, 5.74) is 0.249. The summed E-state index contributed by atoms with van der Waals surface area (Å²) in [4.78, 5) is 16.0. The SMILES string of the molecule is CCC1(CNC(=O)c2ccnc(NC)c2F)CCCC1. The Morgan fingerprint density at radius 3 is 2.75 bits per heavy atom. The Morgan fingerprint density at radius 1 is 1.45 bits per heavy atom. The van der Waals surface area contributed by atoms with Crippen molar-refractivity contribution >= 4 is 11.7 Å². The van der Waals surface area contributed by atoms with Crippen molar-refractivity contribution in [3.05, 3.63) is 23.6 Å². The lowest BCUT2D eigenvalue weighted by Gasteiger charge is -2.27. The second kappa shape index (κ2) is 6.20. The largest absolute Gasteiger partial charge is 0.371 e. The van der Waals surface area contributed by atoms with E-state index in [0.29, 0.717) is 6.54 Å². The van der Waals surface area contributed by atoms with Gasteiger partial charge in [-0.1, -0.05) is 19.8 Å². The van der Waals surface area contributed by atoms with Crippen molar-refractivity contribution in [2.45, 2.75) is 39.0 Å². The summed E-state index contributed by atoms with van der Waals surface area (Å²) < 4.78 is 14.0. The highest BCUT2D eigenvalue weighted by atomic mass is 19.1. The molecule has 0 atom stereocenters. The van der Waals surface area contributed by atoms with Gasteiger partial charge in [-0.05, 0) is 30.7 Å². The van der Waals surface area contributed by atoms with E-state index in [2.05, 4.69) is 22.5 Å². The van der Waals surface area contributed by atoms with Gasteiger partial charge in [-0.15, -0.1) is 0 Å². The first-order valence-electron chi connectivity index (χ1n) is 7.22. The van der Waals surface area contributed by atoms with Gasteiger partial charge in [0.2, 0.25) is 0 Å². The Kier molecular flexibility index (Phi) is 4.57. The fourth-order valence-corrected chi connectivity index (χ4v) is 2.94. The van der Waals surface area contributed by atoms with Crippen molar-refractivity contribution < 1.29 is 9.18 Å². The number of carbonyl (C=O) groups excluding carboxylic acids is 1. The number of hydrogen-bond donors (Lipinski definition) is 2. The first-order chi connectivity index (χ1) is 9.62. The molecular formula is C15H22FN3O. The number of carbonyl (C=O) groups is 1. The van der Waals surface area contributed by atoms with Crippen LogP contribution >= 0.6 is 0 Å². The van der Waals surface area contributed by atoms with Crippen LogP contribution in [0.2, 0.25) is 0 Å². The third-order valence-corrected chi connectivity index (χ3v) is 4.41. The molecule has 1 aliphatic rings. The molecule has 1 heterocycles. The maximum atomic E-state index is 14.0. The fourth-order valence-electron chi connectivity index (χ4n) is 2.94. The summed E-state index contributed by atoms with van der Waals surface area (Å²) in [7, 11) is 1.58. The first kappa shape index (κ1) is 14.8. The zero-order valence-electron chi connectivity index (χ0n) is 12.1. The Bertz CT molecular complexity index is 484.